The third-order valence-electron chi connectivity index (χ3n) is 4.61. The molecule has 0 aliphatic rings. The Morgan fingerprint density at radius 2 is 1.93 bits per heavy atom. The molecule has 9 nitrogen and oxygen atoms in total. The lowest BCUT2D eigenvalue weighted by molar-refractivity contribution is -0.121. The number of hydrogen-bond acceptors (Lipinski definition) is 5. The summed E-state index contributed by atoms with van der Waals surface area (Å²) in [6, 6.07) is 8.90. The Bertz CT molecular complexity index is 1320. The predicted octanol–water partition coefficient (Wildman–Crippen LogP) is 0.993. The smallest absolute Gasteiger partial charge is 0.332 e. The van der Waals surface area contributed by atoms with Crippen LogP contribution in [0.5, 0.6) is 0 Å². The number of rotatable bonds is 6. The summed E-state index contributed by atoms with van der Waals surface area (Å²) >= 11 is 0. The van der Waals surface area contributed by atoms with Gasteiger partial charge in [0, 0.05) is 13.2 Å². The number of carbonyl (C=O) groups excluding carboxylic acids is 1. The molecule has 0 saturated carbocycles. The van der Waals surface area contributed by atoms with Gasteiger partial charge in [-0.25, -0.2) is 9.18 Å². The lowest BCUT2D eigenvalue weighted by Gasteiger charge is -2.11. The van der Waals surface area contributed by atoms with Gasteiger partial charge in [-0.15, -0.1) is 0 Å². The van der Waals surface area contributed by atoms with E-state index >= 15 is 0 Å². The minimum Gasteiger partial charge on any atom is -0.467 e. The van der Waals surface area contributed by atoms with E-state index in [1.807, 2.05) is 0 Å². The summed E-state index contributed by atoms with van der Waals surface area (Å²) in [6.45, 7) is -0.199. The van der Waals surface area contributed by atoms with Crippen molar-refractivity contribution in [3.63, 3.8) is 0 Å². The van der Waals surface area contributed by atoms with Crippen molar-refractivity contribution in [3.05, 3.63) is 86.8 Å². The van der Waals surface area contributed by atoms with Crippen LogP contribution in [0.25, 0.3) is 11.0 Å². The van der Waals surface area contributed by atoms with Gasteiger partial charge in [0.2, 0.25) is 5.91 Å². The van der Waals surface area contributed by atoms with Crippen LogP contribution in [0.3, 0.4) is 0 Å². The van der Waals surface area contributed by atoms with Gasteiger partial charge in [-0.1, -0.05) is 12.1 Å². The van der Waals surface area contributed by atoms with Crippen molar-refractivity contribution in [3.8, 4) is 0 Å². The van der Waals surface area contributed by atoms with Gasteiger partial charge in [0.05, 0.1) is 24.9 Å². The van der Waals surface area contributed by atoms with Crippen LogP contribution in [0.15, 0.2) is 62.9 Å². The molecule has 0 fully saturated rings. The molecule has 1 N–H and O–H groups in total. The van der Waals surface area contributed by atoms with Crippen LogP contribution in [-0.2, 0) is 31.5 Å². The first kappa shape index (κ1) is 19.4. The lowest BCUT2D eigenvalue weighted by Crippen LogP contribution is -2.42. The molecule has 1 amide bonds. The van der Waals surface area contributed by atoms with Crippen LogP contribution in [0.1, 0.15) is 11.3 Å². The largest absolute Gasteiger partial charge is 0.467 e. The van der Waals surface area contributed by atoms with Crippen molar-refractivity contribution in [2.24, 2.45) is 7.05 Å². The molecule has 154 valence electrons. The molecule has 0 saturated heterocycles. The van der Waals surface area contributed by atoms with Crippen molar-refractivity contribution in [1.29, 1.82) is 0 Å². The second-order valence-electron chi connectivity index (χ2n) is 6.78. The third kappa shape index (κ3) is 3.79. The Balaban J connectivity index is 1.70. The highest BCUT2D eigenvalue weighted by Crippen LogP contribution is 2.08. The summed E-state index contributed by atoms with van der Waals surface area (Å²) in [5, 5.41) is 6.82. The number of nitrogens with one attached hydrogen (secondary N) is 1. The Morgan fingerprint density at radius 3 is 2.63 bits per heavy atom. The fourth-order valence-corrected chi connectivity index (χ4v) is 3.15. The number of nitrogens with zero attached hydrogens (tertiary/aromatic N) is 4. The van der Waals surface area contributed by atoms with Crippen LogP contribution in [0, 0.1) is 5.82 Å². The van der Waals surface area contributed by atoms with Gasteiger partial charge < -0.3 is 9.73 Å². The highest BCUT2D eigenvalue weighted by molar-refractivity contribution is 5.79. The summed E-state index contributed by atoms with van der Waals surface area (Å²) < 4.78 is 21.9. The van der Waals surface area contributed by atoms with Gasteiger partial charge in [0.1, 0.15) is 18.1 Å². The molecule has 0 aliphatic heterocycles. The number of fused-ring (bicyclic) bond motifs is 1. The molecule has 0 spiro atoms. The number of carbonyl (C=O) groups is 1. The van der Waals surface area contributed by atoms with E-state index < -0.39 is 23.0 Å². The zero-order valence-corrected chi connectivity index (χ0v) is 16.0. The number of amides is 1. The van der Waals surface area contributed by atoms with E-state index in [2.05, 4.69) is 10.4 Å². The predicted molar refractivity (Wildman–Crippen MR) is 105 cm³/mol. The molecule has 30 heavy (non-hydrogen) atoms. The molecular formula is C20H18FN5O4. The van der Waals surface area contributed by atoms with Crippen molar-refractivity contribution >= 4 is 16.9 Å². The SMILES string of the molecule is Cn1cc2c(n1)c(=O)n(Cc1ccc(F)cc1)c(=O)n2CC(=O)NCc1ccco1. The fraction of sp³-hybridized carbons (Fsp3) is 0.200. The second-order valence-corrected chi connectivity index (χ2v) is 6.78. The Kier molecular flexibility index (Phi) is 5.05. The molecule has 3 aromatic heterocycles. The Morgan fingerprint density at radius 1 is 1.17 bits per heavy atom. The van der Waals surface area contributed by atoms with E-state index in [0.717, 1.165) is 4.57 Å². The van der Waals surface area contributed by atoms with Crippen LogP contribution >= 0.6 is 0 Å². The first-order chi connectivity index (χ1) is 14.4. The molecule has 0 aliphatic carbocycles. The molecule has 1 aromatic carbocycles. The molecular weight excluding hydrogens is 393 g/mol. The summed E-state index contributed by atoms with van der Waals surface area (Å²) in [5.74, 6) is -0.272. The normalized spacial score (nSPS) is 11.1. The summed E-state index contributed by atoms with van der Waals surface area (Å²) in [5.41, 5.74) is -0.334. The average Bonchev–Trinajstić information content (AvgIpc) is 3.38. The number of furan rings is 1. The van der Waals surface area contributed by atoms with Crippen molar-refractivity contribution in [2.75, 3.05) is 0 Å². The maximum absolute atomic E-state index is 13.2. The minimum atomic E-state index is -0.655. The molecule has 0 atom stereocenters. The van der Waals surface area contributed by atoms with E-state index in [0.29, 0.717) is 11.3 Å². The zero-order valence-electron chi connectivity index (χ0n) is 16.0. The molecule has 4 aromatic rings. The number of hydrogen-bond donors (Lipinski definition) is 1. The van der Waals surface area contributed by atoms with Crippen molar-refractivity contribution < 1.29 is 13.6 Å². The van der Waals surface area contributed by atoms with E-state index in [1.54, 1.807) is 19.2 Å². The zero-order chi connectivity index (χ0) is 21.3. The molecule has 0 radical (unpaired) electrons. The van der Waals surface area contributed by atoms with Gasteiger partial charge in [-0.3, -0.25) is 23.4 Å². The second kappa shape index (κ2) is 7.82. The number of benzene rings is 1. The molecule has 0 bridgehead atoms. The Hall–Kier alpha value is -3.95. The van der Waals surface area contributed by atoms with Crippen LogP contribution in [-0.4, -0.2) is 24.8 Å². The minimum absolute atomic E-state index is 0.0676. The maximum atomic E-state index is 13.2. The van der Waals surface area contributed by atoms with E-state index in [4.69, 9.17) is 4.42 Å². The van der Waals surface area contributed by atoms with E-state index in [1.165, 1.54) is 46.0 Å². The highest BCUT2D eigenvalue weighted by atomic mass is 19.1. The van der Waals surface area contributed by atoms with Crippen LogP contribution in [0.2, 0.25) is 0 Å². The van der Waals surface area contributed by atoms with E-state index in [-0.39, 0.29) is 30.7 Å². The summed E-state index contributed by atoms with van der Waals surface area (Å²) in [6.07, 6.45) is 3.01. The number of aryl methyl sites for hydroxylation is 1. The highest BCUT2D eigenvalue weighted by Gasteiger charge is 2.18. The van der Waals surface area contributed by atoms with Crippen LogP contribution in [0.4, 0.5) is 4.39 Å². The van der Waals surface area contributed by atoms with Crippen LogP contribution < -0.4 is 16.6 Å². The summed E-state index contributed by atoms with van der Waals surface area (Å²) in [7, 11) is 1.62. The van der Waals surface area contributed by atoms with Gasteiger partial charge in [0.25, 0.3) is 5.56 Å². The molecule has 10 heteroatoms. The fourth-order valence-electron chi connectivity index (χ4n) is 3.15. The quantitative estimate of drug-likeness (QED) is 0.510. The molecule has 0 unspecified atom stereocenters. The first-order valence-corrected chi connectivity index (χ1v) is 9.13. The first-order valence-electron chi connectivity index (χ1n) is 9.13. The molecule has 4 rings (SSSR count). The molecule has 3 heterocycles. The van der Waals surface area contributed by atoms with Crippen molar-refractivity contribution in [1.82, 2.24) is 24.2 Å². The lowest BCUT2D eigenvalue weighted by atomic mass is 10.2. The van der Waals surface area contributed by atoms with E-state index in [9.17, 15) is 18.8 Å². The monoisotopic (exact) mass is 411 g/mol. The Labute approximate surface area is 169 Å². The van der Waals surface area contributed by atoms with Gasteiger partial charge in [-0.2, -0.15) is 5.10 Å². The standard InChI is InChI=1S/C20H18FN5O4/c1-24-11-16-18(23-24)19(28)26(10-13-4-6-14(21)7-5-13)20(29)25(16)12-17(27)22-9-15-3-2-8-30-15/h2-8,11H,9-10,12H2,1H3,(H,22,27). The van der Waals surface area contributed by atoms with Gasteiger partial charge >= 0.3 is 5.69 Å². The van der Waals surface area contributed by atoms with Gasteiger partial charge in [0.15, 0.2) is 5.52 Å². The summed E-state index contributed by atoms with van der Waals surface area (Å²) in [4.78, 5) is 38.3. The van der Waals surface area contributed by atoms with Gasteiger partial charge in [-0.05, 0) is 29.8 Å². The topological polar surface area (TPSA) is 104 Å². The average molecular weight is 411 g/mol. The maximum Gasteiger partial charge on any atom is 0.332 e. The number of aromatic nitrogens is 4. The third-order valence-corrected chi connectivity index (χ3v) is 4.61. The number of halogens is 1. The van der Waals surface area contributed by atoms with Crippen molar-refractivity contribution in [2.45, 2.75) is 19.6 Å².